The maximum Gasteiger partial charge on any atom is 0.331 e. The molecule has 8 heteroatoms. The molecule has 2 aromatic heterocycles. The number of carbonyl (C=O) groups excluding carboxylic acids is 3. The van der Waals surface area contributed by atoms with Crippen molar-refractivity contribution in [1.29, 1.82) is 0 Å². The van der Waals surface area contributed by atoms with E-state index in [2.05, 4.69) is 4.74 Å². The lowest BCUT2D eigenvalue weighted by atomic mass is 10.1. The van der Waals surface area contributed by atoms with Gasteiger partial charge >= 0.3 is 11.9 Å². The lowest BCUT2D eigenvalue weighted by Gasteiger charge is -2.20. The van der Waals surface area contributed by atoms with E-state index in [1.165, 1.54) is 12.0 Å². The van der Waals surface area contributed by atoms with E-state index in [9.17, 15) is 19.5 Å². The quantitative estimate of drug-likeness (QED) is 0.635. The molecule has 23 heavy (non-hydrogen) atoms. The minimum absolute atomic E-state index is 0.0192. The smallest absolute Gasteiger partial charge is 0.331 e. The van der Waals surface area contributed by atoms with Crippen LogP contribution < -0.4 is 0 Å². The first kappa shape index (κ1) is 15.0. The van der Waals surface area contributed by atoms with Crippen molar-refractivity contribution < 1.29 is 33.4 Å². The van der Waals surface area contributed by atoms with Gasteiger partial charge in [0, 0.05) is 12.2 Å². The molecule has 1 aliphatic heterocycles. The van der Waals surface area contributed by atoms with E-state index in [-0.39, 0.29) is 19.1 Å². The van der Waals surface area contributed by atoms with Crippen LogP contribution in [0.25, 0.3) is 11.2 Å². The van der Waals surface area contributed by atoms with Gasteiger partial charge in [-0.25, -0.2) is 9.59 Å². The monoisotopic (exact) mass is 319 g/mol. The molecule has 1 amide bonds. The molecular weight excluding hydrogens is 306 g/mol. The fourth-order valence-electron chi connectivity index (χ4n) is 2.48. The Bertz CT molecular complexity index is 791. The molecule has 1 N–H and O–H groups in total. The van der Waals surface area contributed by atoms with E-state index >= 15 is 0 Å². The number of aliphatic hydroxyl groups excluding tert-OH is 1. The molecule has 1 unspecified atom stereocenters. The topological polar surface area (TPSA) is 106 Å². The van der Waals surface area contributed by atoms with Crippen LogP contribution in [-0.4, -0.2) is 48.1 Å². The van der Waals surface area contributed by atoms with Crippen molar-refractivity contribution in [2.24, 2.45) is 0 Å². The average molecular weight is 319 g/mol. The van der Waals surface area contributed by atoms with Gasteiger partial charge in [0.15, 0.2) is 6.23 Å². The number of carbonyl (C=O) groups is 3. The highest BCUT2D eigenvalue weighted by Gasteiger charge is 2.41. The SMILES string of the molecule is COC(=O)C=CC(=O)OCCN1C(=O)c2c(c3ccc2o3)C1O. The van der Waals surface area contributed by atoms with Crippen LogP contribution >= 0.6 is 0 Å². The zero-order chi connectivity index (χ0) is 16.6. The summed E-state index contributed by atoms with van der Waals surface area (Å²) in [6.07, 6.45) is 0.734. The zero-order valence-corrected chi connectivity index (χ0v) is 12.1. The number of esters is 2. The van der Waals surface area contributed by atoms with E-state index in [1.54, 1.807) is 12.1 Å². The summed E-state index contributed by atoms with van der Waals surface area (Å²) >= 11 is 0. The molecule has 1 atom stereocenters. The number of ether oxygens (including phenoxy) is 2. The van der Waals surface area contributed by atoms with Crippen LogP contribution in [0.1, 0.15) is 22.1 Å². The number of amides is 1. The second-order valence-corrected chi connectivity index (χ2v) is 4.85. The summed E-state index contributed by atoms with van der Waals surface area (Å²) in [6, 6.07) is 3.35. The van der Waals surface area contributed by atoms with E-state index in [1.807, 2.05) is 0 Å². The molecule has 0 aliphatic carbocycles. The Balaban J connectivity index is 1.57. The number of hydrogen-bond acceptors (Lipinski definition) is 7. The molecule has 0 saturated carbocycles. The summed E-state index contributed by atoms with van der Waals surface area (Å²) in [7, 11) is 1.19. The predicted molar refractivity (Wildman–Crippen MR) is 75.5 cm³/mol. The Morgan fingerprint density at radius 2 is 2.00 bits per heavy atom. The van der Waals surface area contributed by atoms with E-state index in [4.69, 9.17) is 9.15 Å². The van der Waals surface area contributed by atoms with Crippen molar-refractivity contribution in [3.05, 3.63) is 35.4 Å². The van der Waals surface area contributed by atoms with Gasteiger partial charge in [0.1, 0.15) is 17.8 Å². The number of benzene rings is 1. The predicted octanol–water partition coefficient (Wildman–Crippen LogP) is 0.590. The van der Waals surface area contributed by atoms with Gasteiger partial charge in [-0.3, -0.25) is 4.79 Å². The van der Waals surface area contributed by atoms with Crippen molar-refractivity contribution in [1.82, 2.24) is 4.90 Å². The summed E-state index contributed by atoms with van der Waals surface area (Å²) in [5.41, 5.74) is 1.70. The van der Waals surface area contributed by atoms with Gasteiger partial charge in [-0.1, -0.05) is 0 Å². The standard InChI is InChI=1S/C15H13NO7/c1-21-10(17)4-5-11(18)22-7-6-16-14(19)12-8-2-3-9(23-8)13(12)15(16)20/h2-5,14,19H,6-7H2,1H3. The largest absolute Gasteiger partial charge is 0.466 e. The number of rotatable bonds is 5. The third kappa shape index (κ3) is 2.53. The normalized spacial score (nSPS) is 17.2. The van der Waals surface area contributed by atoms with Gasteiger partial charge in [-0.05, 0) is 12.1 Å². The maximum atomic E-state index is 12.3. The van der Waals surface area contributed by atoms with Crippen molar-refractivity contribution in [2.75, 3.05) is 20.3 Å². The van der Waals surface area contributed by atoms with Crippen LogP contribution in [0.15, 0.2) is 28.7 Å². The van der Waals surface area contributed by atoms with Crippen LogP contribution in [0.4, 0.5) is 0 Å². The maximum absolute atomic E-state index is 12.3. The lowest BCUT2D eigenvalue weighted by Crippen LogP contribution is -2.32. The van der Waals surface area contributed by atoms with Crippen LogP contribution in [0.3, 0.4) is 0 Å². The Labute approximate surface area is 130 Å². The van der Waals surface area contributed by atoms with Crippen molar-refractivity contribution >= 4 is 29.0 Å². The number of aliphatic hydroxyl groups is 1. The van der Waals surface area contributed by atoms with E-state index in [0.29, 0.717) is 22.3 Å². The van der Waals surface area contributed by atoms with Gasteiger partial charge in [-0.2, -0.15) is 0 Å². The number of furan rings is 2. The fraction of sp³-hybridized carbons (Fsp3) is 0.267. The Morgan fingerprint density at radius 1 is 1.30 bits per heavy atom. The highest BCUT2D eigenvalue weighted by atomic mass is 16.5. The Hall–Kier alpha value is -2.87. The van der Waals surface area contributed by atoms with E-state index in [0.717, 1.165) is 12.2 Å². The lowest BCUT2D eigenvalue weighted by molar-refractivity contribution is -0.140. The Morgan fingerprint density at radius 3 is 2.70 bits per heavy atom. The van der Waals surface area contributed by atoms with Gasteiger partial charge in [0.05, 0.1) is 24.8 Å². The highest BCUT2D eigenvalue weighted by molar-refractivity contribution is 6.08. The summed E-state index contributed by atoms with van der Waals surface area (Å²) < 4.78 is 14.5. The minimum atomic E-state index is -1.13. The van der Waals surface area contributed by atoms with Crippen LogP contribution in [-0.2, 0) is 19.1 Å². The number of fused-ring (bicyclic) bond motifs is 5. The van der Waals surface area contributed by atoms with Gasteiger partial charge in [0.2, 0.25) is 0 Å². The second kappa shape index (κ2) is 5.73. The number of methoxy groups -OCH3 is 1. The van der Waals surface area contributed by atoms with Crippen LogP contribution in [0.2, 0.25) is 0 Å². The summed E-state index contributed by atoms with van der Waals surface area (Å²) in [5.74, 6) is -1.79. The molecule has 120 valence electrons. The van der Waals surface area contributed by atoms with Crippen LogP contribution in [0.5, 0.6) is 0 Å². The molecule has 1 aliphatic rings. The molecule has 8 nitrogen and oxygen atoms in total. The molecule has 0 aromatic carbocycles. The Kier molecular flexibility index (Phi) is 3.75. The first-order valence-corrected chi connectivity index (χ1v) is 6.79. The van der Waals surface area contributed by atoms with Crippen molar-refractivity contribution in [3.63, 3.8) is 0 Å². The van der Waals surface area contributed by atoms with Crippen molar-refractivity contribution in [2.45, 2.75) is 6.23 Å². The molecule has 0 spiro atoms. The van der Waals surface area contributed by atoms with Crippen LogP contribution in [0, 0.1) is 0 Å². The molecule has 2 bridgehead atoms. The fourth-order valence-corrected chi connectivity index (χ4v) is 2.48. The van der Waals surface area contributed by atoms with Gasteiger partial charge < -0.3 is 23.9 Å². The first-order chi connectivity index (χ1) is 11.0. The summed E-state index contributed by atoms with van der Waals surface area (Å²) in [6.45, 7) is -0.0992. The molecule has 0 radical (unpaired) electrons. The number of nitrogens with zero attached hydrogens (tertiary/aromatic N) is 1. The third-order valence-electron chi connectivity index (χ3n) is 3.55. The average Bonchev–Trinajstić information content (AvgIpc) is 3.21. The minimum Gasteiger partial charge on any atom is -0.466 e. The zero-order valence-electron chi connectivity index (χ0n) is 12.1. The number of hydrogen-bond donors (Lipinski definition) is 1. The van der Waals surface area contributed by atoms with Gasteiger partial charge in [-0.15, -0.1) is 0 Å². The molecular formula is C15H13NO7. The first-order valence-electron chi connectivity index (χ1n) is 6.79. The molecule has 3 heterocycles. The molecule has 0 saturated heterocycles. The molecule has 0 fully saturated rings. The van der Waals surface area contributed by atoms with E-state index < -0.39 is 18.2 Å². The third-order valence-corrected chi connectivity index (χ3v) is 3.55. The summed E-state index contributed by atoms with van der Waals surface area (Å²) in [4.78, 5) is 35.7. The van der Waals surface area contributed by atoms with Crippen molar-refractivity contribution in [3.8, 4) is 0 Å². The molecule has 3 rings (SSSR count). The summed E-state index contributed by atoms with van der Waals surface area (Å²) in [5, 5.41) is 10.2. The van der Waals surface area contributed by atoms with Gasteiger partial charge in [0.25, 0.3) is 5.91 Å². The molecule has 2 aromatic rings. The highest BCUT2D eigenvalue weighted by Crippen LogP contribution is 2.41. The second-order valence-electron chi connectivity index (χ2n) is 4.85.